The van der Waals surface area contributed by atoms with Crippen molar-refractivity contribution in [2.24, 2.45) is 0 Å². The molecule has 0 saturated carbocycles. The van der Waals surface area contributed by atoms with Gasteiger partial charge in [-0.05, 0) is 35.9 Å². The molecule has 0 unspecified atom stereocenters. The molecule has 1 amide bonds. The van der Waals surface area contributed by atoms with Gasteiger partial charge in [-0.2, -0.15) is 0 Å². The van der Waals surface area contributed by atoms with Crippen LogP contribution in [0.5, 0.6) is 0 Å². The quantitative estimate of drug-likeness (QED) is 0.756. The van der Waals surface area contributed by atoms with Gasteiger partial charge in [-0.25, -0.2) is 8.42 Å². The Morgan fingerprint density at radius 2 is 1.96 bits per heavy atom. The molecule has 9 heteroatoms. The molecule has 0 atom stereocenters. The number of rotatable bonds is 6. The molecule has 0 bridgehead atoms. The van der Waals surface area contributed by atoms with E-state index >= 15 is 0 Å². The van der Waals surface area contributed by atoms with Gasteiger partial charge < -0.3 is 10.2 Å². The first-order chi connectivity index (χ1) is 11.9. The lowest BCUT2D eigenvalue weighted by Gasteiger charge is -2.11. The second-order valence-corrected chi connectivity index (χ2v) is 7.18. The number of anilines is 3. The summed E-state index contributed by atoms with van der Waals surface area (Å²) in [7, 11) is -2.15. The average Bonchev–Trinajstić information content (AvgIpc) is 2.88. The number of fused-ring (bicyclic) bond motifs is 1. The highest BCUT2D eigenvalue weighted by Crippen LogP contribution is 2.30. The van der Waals surface area contributed by atoms with Crippen LogP contribution in [-0.4, -0.2) is 38.1 Å². The fourth-order valence-corrected chi connectivity index (χ4v) is 3.51. The molecule has 25 heavy (non-hydrogen) atoms. The van der Waals surface area contributed by atoms with Crippen molar-refractivity contribution in [2.75, 3.05) is 28.5 Å². The number of nitrogens with zero attached hydrogens (tertiary/aromatic N) is 3. The van der Waals surface area contributed by atoms with Gasteiger partial charge in [0.05, 0.1) is 11.3 Å². The van der Waals surface area contributed by atoms with Crippen LogP contribution in [0.15, 0.2) is 47.9 Å². The molecule has 3 rings (SSSR count). The number of amides is 1. The number of hydrogen-bond acceptors (Lipinski definition) is 6. The number of aromatic nitrogens is 2. The van der Waals surface area contributed by atoms with Gasteiger partial charge in [-0.15, -0.1) is 16.8 Å². The molecule has 2 heterocycles. The molecule has 1 aromatic carbocycles. The van der Waals surface area contributed by atoms with Crippen LogP contribution in [-0.2, 0) is 21.2 Å². The molecule has 1 aliphatic rings. The minimum atomic E-state index is -3.82. The summed E-state index contributed by atoms with van der Waals surface area (Å²) in [6.45, 7) is 4.11. The van der Waals surface area contributed by atoms with Crippen LogP contribution >= 0.6 is 0 Å². The zero-order chi connectivity index (χ0) is 18.0. The third-order valence-corrected chi connectivity index (χ3v) is 5.12. The summed E-state index contributed by atoms with van der Waals surface area (Å²) in [5.41, 5.74) is 1.41. The third-order valence-electron chi connectivity index (χ3n) is 3.77. The highest BCUT2D eigenvalue weighted by Gasteiger charge is 2.26. The van der Waals surface area contributed by atoms with E-state index in [1.54, 1.807) is 25.3 Å². The van der Waals surface area contributed by atoms with Gasteiger partial charge in [0, 0.05) is 19.3 Å². The molecule has 0 radical (unpaired) electrons. The van der Waals surface area contributed by atoms with E-state index < -0.39 is 10.0 Å². The molecule has 0 spiro atoms. The minimum absolute atomic E-state index is 0.0639. The van der Waals surface area contributed by atoms with Crippen molar-refractivity contribution in [3.05, 3.63) is 48.6 Å². The van der Waals surface area contributed by atoms with E-state index in [1.807, 2.05) is 0 Å². The molecule has 1 aromatic heterocycles. The van der Waals surface area contributed by atoms with Gasteiger partial charge in [-0.3, -0.25) is 9.52 Å². The van der Waals surface area contributed by atoms with Crippen LogP contribution in [0.3, 0.4) is 0 Å². The van der Waals surface area contributed by atoms with Crippen LogP contribution in [0.4, 0.5) is 17.3 Å². The maximum atomic E-state index is 12.5. The van der Waals surface area contributed by atoms with Crippen molar-refractivity contribution in [3.63, 3.8) is 0 Å². The van der Waals surface area contributed by atoms with Gasteiger partial charge in [-0.1, -0.05) is 6.08 Å². The Morgan fingerprint density at radius 1 is 1.24 bits per heavy atom. The standard InChI is InChI=1S/C16H17N5O3S/c1-3-8-17-14-6-7-15(19-18-14)20-25(23,24)12-4-5-13-11(9-12)10-16(22)21(13)2/h3-7,9H,1,8,10H2,2H3,(H,17,18)(H,19,20). The van der Waals surface area contributed by atoms with Crippen LogP contribution in [0.25, 0.3) is 0 Å². The molecular weight excluding hydrogens is 342 g/mol. The summed E-state index contributed by atoms with van der Waals surface area (Å²) in [6, 6.07) is 7.73. The Labute approximate surface area is 145 Å². The van der Waals surface area contributed by atoms with Gasteiger partial charge in [0.1, 0.15) is 5.82 Å². The molecule has 2 N–H and O–H groups in total. The lowest BCUT2D eigenvalue weighted by molar-refractivity contribution is -0.117. The summed E-state index contributed by atoms with van der Waals surface area (Å²) < 4.78 is 27.4. The molecule has 0 saturated heterocycles. The highest BCUT2D eigenvalue weighted by atomic mass is 32.2. The number of carbonyl (C=O) groups is 1. The Balaban J connectivity index is 1.79. The van der Waals surface area contributed by atoms with E-state index in [-0.39, 0.29) is 23.0 Å². The predicted octanol–water partition coefficient (Wildman–Crippen LogP) is 1.39. The van der Waals surface area contributed by atoms with Crippen molar-refractivity contribution in [1.29, 1.82) is 0 Å². The first kappa shape index (κ1) is 16.9. The van der Waals surface area contributed by atoms with Crippen molar-refractivity contribution in [2.45, 2.75) is 11.3 Å². The molecule has 2 aromatic rings. The minimum Gasteiger partial charge on any atom is -0.365 e. The first-order valence-electron chi connectivity index (χ1n) is 7.51. The van der Waals surface area contributed by atoms with Crippen LogP contribution in [0.2, 0.25) is 0 Å². The van der Waals surface area contributed by atoms with E-state index in [0.29, 0.717) is 17.9 Å². The Hall–Kier alpha value is -2.94. The van der Waals surface area contributed by atoms with Gasteiger partial charge in [0.15, 0.2) is 5.82 Å². The molecule has 0 aliphatic carbocycles. The number of hydrogen-bond donors (Lipinski definition) is 2. The van der Waals surface area contributed by atoms with Crippen LogP contribution in [0, 0.1) is 0 Å². The van der Waals surface area contributed by atoms with E-state index in [1.165, 1.54) is 23.1 Å². The highest BCUT2D eigenvalue weighted by molar-refractivity contribution is 7.92. The van der Waals surface area contributed by atoms with E-state index in [0.717, 1.165) is 5.69 Å². The summed E-state index contributed by atoms with van der Waals surface area (Å²) in [5.74, 6) is 0.561. The maximum Gasteiger partial charge on any atom is 0.263 e. The number of sulfonamides is 1. The number of likely N-dealkylation sites (N-methyl/N-ethyl adjacent to an activating group) is 1. The fraction of sp³-hybridized carbons (Fsp3) is 0.188. The number of benzene rings is 1. The van der Waals surface area contributed by atoms with Gasteiger partial charge in [0.25, 0.3) is 10.0 Å². The zero-order valence-electron chi connectivity index (χ0n) is 13.6. The van der Waals surface area contributed by atoms with Crippen molar-refractivity contribution < 1.29 is 13.2 Å². The Morgan fingerprint density at radius 3 is 2.64 bits per heavy atom. The second kappa shape index (κ2) is 6.52. The van der Waals surface area contributed by atoms with Crippen molar-refractivity contribution in [3.8, 4) is 0 Å². The van der Waals surface area contributed by atoms with E-state index in [9.17, 15) is 13.2 Å². The second-order valence-electron chi connectivity index (χ2n) is 5.50. The monoisotopic (exact) mass is 359 g/mol. The third kappa shape index (κ3) is 3.45. The molecular formula is C16H17N5O3S. The average molecular weight is 359 g/mol. The normalized spacial score (nSPS) is 13.5. The number of carbonyl (C=O) groups excluding carboxylic acids is 1. The summed E-state index contributed by atoms with van der Waals surface area (Å²) >= 11 is 0. The SMILES string of the molecule is C=CCNc1ccc(NS(=O)(=O)c2ccc3c(c2)CC(=O)N3C)nn1. The Bertz CT molecular complexity index is 925. The lowest BCUT2D eigenvalue weighted by Crippen LogP contribution is -2.20. The zero-order valence-corrected chi connectivity index (χ0v) is 14.4. The maximum absolute atomic E-state index is 12.5. The summed E-state index contributed by atoms with van der Waals surface area (Å²) in [4.78, 5) is 13.3. The largest absolute Gasteiger partial charge is 0.365 e. The van der Waals surface area contributed by atoms with Crippen LogP contribution < -0.4 is 14.9 Å². The fourth-order valence-electron chi connectivity index (χ4n) is 2.47. The van der Waals surface area contributed by atoms with Crippen LogP contribution in [0.1, 0.15) is 5.56 Å². The smallest absolute Gasteiger partial charge is 0.263 e. The summed E-state index contributed by atoms with van der Waals surface area (Å²) in [6.07, 6.45) is 1.87. The van der Waals surface area contributed by atoms with E-state index in [4.69, 9.17) is 0 Å². The Kier molecular flexibility index (Phi) is 4.41. The molecule has 0 fully saturated rings. The van der Waals surface area contributed by atoms with E-state index in [2.05, 4.69) is 26.8 Å². The topological polar surface area (TPSA) is 104 Å². The van der Waals surface area contributed by atoms with Gasteiger partial charge in [0.2, 0.25) is 5.91 Å². The lowest BCUT2D eigenvalue weighted by atomic mass is 10.2. The predicted molar refractivity (Wildman–Crippen MR) is 95.1 cm³/mol. The molecule has 1 aliphatic heterocycles. The van der Waals surface area contributed by atoms with Crippen molar-refractivity contribution >= 4 is 33.3 Å². The molecule has 8 nitrogen and oxygen atoms in total. The summed E-state index contributed by atoms with van der Waals surface area (Å²) in [5, 5.41) is 10.7. The molecule has 130 valence electrons. The first-order valence-corrected chi connectivity index (χ1v) is 9.00. The van der Waals surface area contributed by atoms with Crippen molar-refractivity contribution in [1.82, 2.24) is 10.2 Å². The number of nitrogens with one attached hydrogen (secondary N) is 2. The van der Waals surface area contributed by atoms with Gasteiger partial charge >= 0.3 is 0 Å².